The summed E-state index contributed by atoms with van der Waals surface area (Å²) in [5, 5.41) is 9.96. The van der Waals surface area contributed by atoms with Gasteiger partial charge < -0.3 is 10.6 Å². The van der Waals surface area contributed by atoms with E-state index in [1.54, 1.807) is 31.6 Å². The van der Waals surface area contributed by atoms with Crippen molar-refractivity contribution < 1.29 is 9.59 Å². The fourth-order valence-corrected chi connectivity index (χ4v) is 4.80. The lowest BCUT2D eigenvalue weighted by Crippen LogP contribution is -2.49. The summed E-state index contributed by atoms with van der Waals surface area (Å²) in [4.78, 5) is 34.9. The molecule has 0 aromatic carbocycles. The van der Waals surface area contributed by atoms with E-state index in [1.165, 1.54) is 4.68 Å². The fourth-order valence-electron chi connectivity index (χ4n) is 4.80. The highest BCUT2D eigenvalue weighted by atomic mass is 16.2. The molecule has 1 aliphatic carbocycles. The van der Waals surface area contributed by atoms with Gasteiger partial charge in [0.2, 0.25) is 5.91 Å². The first-order chi connectivity index (χ1) is 16.3. The first-order valence-corrected chi connectivity index (χ1v) is 11.8. The van der Waals surface area contributed by atoms with Crippen LogP contribution in [0.2, 0.25) is 0 Å². The zero-order chi connectivity index (χ0) is 24.2. The second-order valence-electron chi connectivity index (χ2n) is 9.38. The van der Waals surface area contributed by atoms with Gasteiger partial charge in [0.1, 0.15) is 17.6 Å². The molecule has 2 amide bonds. The second kappa shape index (κ2) is 10.2. The van der Waals surface area contributed by atoms with Crippen molar-refractivity contribution in [2.45, 2.75) is 52.5 Å². The van der Waals surface area contributed by atoms with Crippen molar-refractivity contribution in [2.24, 2.45) is 18.9 Å². The van der Waals surface area contributed by atoms with Crippen LogP contribution in [0.1, 0.15) is 54.2 Å². The number of carbonyl (C=O) groups is 2. The van der Waals surface area contributed by atoms with Crippen molar-refractivity contribution in [2.75, 3.05) is 5.32 Å². The molecule has 0 radical (unpaired) electrons. The summed E-state index contributed by atoms with van der Waals surface area (Å²) in [7, 11) is 1.71. The number of pyridine rings is 2. The Morgan fingerprint density at radius 3 is 2.32 bits per heavy atom. The minimum atomic E-state index is -0.638. The molecule has 1 fully saturated rings. The van der Waals surface area contributed by atoms with Crippen LogP contribution in [0.5, 0.6) is 0 Å². The van der Waals surface area contributed by atoms with Crippen LogP contribution < -0.4 is 10.6 Å². The average molecular weight is 461 g/mol. The number of aryl methyl sites for hydroxylation is 3. The summed E-state index contributed by atoms with van der Waals surface area (Å²) in [6, 6.07) is 4.76. The summed E-state index contributed by atoms with van der Waals surface area (Å²) in [6.45, 7) is 6.27. The van der Waals surface area contributed by atoms with Gasteiger partial charge in [0.15, 0.2) is 0 Å². The quantitative estimate of drug-likeness (QED) is 0.578. The molecule has 3 aromatic rings. The van der Waals surface area contributed by atoms with E-state index in [2.05, 4.69) is 32.6 Å². The standard InChI is InChI=1S/C26H32N6O2/c1-16-5-7-19(8-6-16)24(31-25(33)21-11-12-29-32(21)4)26(34)30-22-10-9-20(15-28-22)23-17(2)13-27-14-18(23)3/h9-16,19,24H,5-8H2,1-4H3,(H,31,33)(H,28,30,34)/t16?,19?,24-/m0/s1. The van der Waals surface area contributed by atoms with Crippen molar-refractivity contribution >= 4 is 17.6 Å². The highest BCUT2D eigenvalue weighted by Crippen LogP contribution is 2.31. The van der Waals surface area contributed by atoms with Gasteiger partial charge in [0, 0.05) is 37.4 Å². The van der Waals surface area contributed by atoms with Gasteiger partial charge in [0.25, 0.3) is 5.91 Å². The lowest BCUT2D eigenvalue weighted by Gasteiger charge is -2.32. The van der Waals surface area contributed by atoms with E-state index in [4.69, 9.17) is 0 Å². The summed E-state index contributed by atoms with van der Waals surface area (Å²) in [6.07, 6.45) is 10.9. The van der Waals surface area contributed by atoms with Crippen LogP contribution in [0.15, 0.2) is 43.0 Å². The maximum absolute atomic E-state index is 13.4. The molecule has 0 unspecified atom stereocenters. The smallest absolute Gasteiger partial charge is 0.270 e. The van der Waals surface area contributed by atoms with Crippen molar-refractivity contribution in [3.63, 3.8) is 0 Å². The Morgan fingerprint density at radius 2 is 1.74 bits per heavy atom. The predicted molar refractivity (Wildman–Crippen MR) is 131 cm³/mol. The SMILES string of the molecule is Cc1cncc(C)c1-c1ccc(NC(=O)[C@@H](NC(=O)c2ccnn2C)C2CCC(C)CC2)nc1. The molecule has 34 heavy (non-hydrogen) atoms. The molecule has 0 bridgehead atoms. The van der Waals surface area contributed by atoms with E-state index in [1.807, 2.05) is 32.3 Å². The number of carbonyl (C=O) groups excluding carboxylic acids is 2. The van der Waals surface area contributed by atoms with Gasteiger partial charge in [-0.2, -0.15) is 5.10 Å². The molecule has 8 nitrogen and oxygen atoms in total. The van der Waals surface area contributed by atoms with Crippen LogP contribution >= 0.6 is 0 Å². The number of aromatic nitrogens is 4. The molecular formula is C26H32N6O2. The Balaban J connectivity index is 1.52. The minimum absolute atomic E-state index is 0.0785. The highest BCUT2D eigenvalue weighted by Gasteiger charge is 2.33. The van der Waals surface area contributed by atoms with Crippen molar-refractivity contribution in [3.05, 3.63) is 59.8 Å². The molecule has 1 atom stereocenters. The van der Waals surface area contributed by atoms with Crippen molar-refractivity contribution in [1.29, 1.82) is 0 Å². The maximum Gasteiger partial charge on any atom is 0.270 e. The summed E-state index contributed by atoms with van der Waals surface area (Å²) < 4.78 is 1.51. The van der Waals surface area contributed by atoms with E-state index in [0.29, 0.717) is 17.4 Å². The van der Waals surface area contributed by atoms with E-state index in [-0.39, 0.29) is 17.7 Å². The van der Waals surface area contributed by atoms with Crippen molar-refractivity contribution in [3.8, 4) is 11.1 Å². The van der Waals surface area contributed by atoms with Crippen LogP contribution in [0.3, 0.4) is 0 Å². The van der Waals surface area contributed by atoms with Crippen LogP contribution in [-0.4, -0.2) is 37.6 Å². The molecule has 0 spiro atoms. The third-order valence-electron chi connectivity index (χ3n) is 6.78. The number of anilines is 1. The highest BCUT2D eigenvalue weighted by molar-refractivity contribution is 6.00. The fraction of sp³-hybridized carbons (Fsp3) is 0.423. The molecule has 0 aliphatic heterocycles. The van der Waals surface area contributed by atoms with Crippen LogP contribution in [0.25, 0.3) is 11.1 Å². The van der Waals surface area contributed by atoms with Crippen LogP contribution in [0.4, 0.5) is 5.82 Å². The lowest BCUT2D eigenvalue weighted by molar-refractivity contribution is -0.119. The number of amides is 2. The van der Waals surface area contributed by atoms with Gasteiger partial charge in [-0.15, -0.1) is 0 Å². The summed E-state index contributed by atoms with van der Waals surface area (Å²) in [5.41, 5.74) is 4.63. The Labute approximate surface area is 200 Å². The van der Waals surface area contributed by atoms with Gasteiger partial charge in [-0.1, -0.05) is 19.8 Å². The van der Waals surface area contributed by atoms with E-state index >= 15 is 0 Å². The molecule has 178 valence electrons. The molecule has 3 heterocycles. The molecule has 4 rings (SSSR count). The van der Waals surface area contributed by atoms with Gasteiger partial charge in [-0.05, 0) is 73.4 Å². The predicted octanol–water partition coefficient (Wildman–Crippen LogP) is 4.06. The number of rotatable bonds is 6. The zero-order valence-corrected chi connectivity index (χ0v) is 20.2. The molecular weight excluding hydrogens is 428 g/mol. The van der Waals surface area contributed by atoms with Gasteiger partial charge >= 0.3 is 0 Å². The number of nitrogens with one attached hydrogen (secondary N) is 2. The zero-order valence-electron chi connectivity index (χ0n) is 20.2. The number of hydrogen-bond acceptors (Lipinski definition) is 5. The molecule has 8 heteroatoms. The monoisotopic (exact) mass is 460 g/mol. The Kier molecular flexibility index (Phi) is 7.05. The molecule has 0 saturated heterocycles. The first-order valence-electron chi connectivity index (χ1n) is 11.8. The third kappa shape index (κ3) is 5.16. The summed E-state index contributed by atoms with van der Waals surface area (Å²) >= 11 is 0. The Morgan fingerprint density at radius 1 is 1.03 bits per heavy atom. The lowest BCUT2D eigenvalue weighted by atomic mass is 9.79. The van der Waals surface area contributed by atoms with Crippen LogP contribution in [-0.2, 0) is 11.8 Å². The van der Waals surface area contributed by atoms with Crippen LogP contribution in [0, 0.1) is 25.7 Å². The van der Waals surface area contributed by atoms with Gasteiger partial charge in [-0.25, -0.2) is 4.98 Å². The molecule has 2 N–H and O–H groups in total. The maximum atomic E-state index is 13.4. The van der Waals surface area contributed by atoms with E-state index < -0.39 is 6.04 Å². The molecule has 1 aliphatic rings. The third-order valence-corrected chi connectivity index (χ3v) is 6.78. The first kappa shape index (κ1) is 23.6. The topological polar surface area (TPSA) is 102 Å². The minimum Gasteiger partial charge on any atom is -0.339 e. The Hall–Kier alpha value is -3.55. The molecule has 1 saturated carbocycles. The average Bonchev–Trinajstić information content (AvgIpc) is 3.25. The Bertz CT molecular complexity index is 1140. The van der Waals surface area contributed by atoms with E-state index in [0.717, 1.165) is 47.9 Å². The van der Waals surface area contributed by atoms with Gasteiger partial charge in [0.05, 0.1) is 0 Å². The molecule has 3 aromatic heterocycles. The van der Waals surface area contributed by atoms with Crippen molar-refractivity contribution in [1.82, 2.24) is 25.1 Å². The second-order valence-corrected chi connectivity index (χ2v) is 9.38. The number of hydrogen-bond donors (Lipinski definition) is 2. The largest absolute Gasteiger partial charge is 0.339 e. The normalized spacial score (nSPS) is 18.8. The van der Waals surface area contributed by atoms with Gasteiger partial charge in [-0.3, -0.25) is 19.3 Å². The van der Waals surface area contributed by atoms with E-state index in [9.17, 15) is 9.59 Å². The number of nitrogens with zero attached hydrogens (tertiary/aromatic N) is 4. The summed E-state index contributed by atoms with van der Waals surface area (Å²) in [5.74, 6) is 0.635.